The number of benzene rings is 1. The normalized spacial score (nSPS) is 12.4. The number of carbonyl (C=O) groups is 1. The minimum Gasteiger partial charge on any atom is -0.385 e. The van der Waals surface area contributed by atoms with E-state index in [1.165, 1.54) is 0 Å². The molecule has 0 heterocycles. The van der Waals surface area contributed by atoms with Crippen LogP contribution in [-0.4, -0.2) is 39.8 Å². The minimum atomic E-state index is -0.359. The van der Waals surface area contributed by atoms with Crippen molar-refractivity contribution >= 4 is 17.7 Å². The highest BCUT2D eigenvalue weighted by atomic mass is 16.5. The lowest BCUT2D eigenvalue weighted by molar-refractivity contribution is -0.117. The summed E-state index contributed by atoms with van der Waals surface area (Å²) in [7, 11) is 5.54. The molecule has 0 aliphatic carbocycles. The van der Waals surface area contributed by atoms with Gasteiger partial charge in [0, 0.05) is 39.5 Å². The molecule has 0 aromatic heterocycles. The maximum absolute atomic E-state index is 12.1. The Balaban J connectivity index is 2.77. The predicted octanol–water partition coefficient (Wildman–Crippen LogP) is 2.20. The summed E-state index contributed by atoms with van der Waals surface area (Å²) in [5, 5.41) is 12.0. The van der Waals surface area contributed by atoms with E-state index in [1.807, 2.05) is 56.3 Å². The SMILES string of the molecule is COCCC(C)NC(=O)/C(C#N)=C/c1ccc(N(C)C)cc1. The van der Waals surface area contributed by atoms with Crippen LogP contribution in [0.15, 0.2) is 29.8 Å². The third kappa shape index (κ3) is 5.58. The molecule has 0 bridgehead atoms. The summed E-state index contributed by atoms with van der Waals surface area (Å²) in [5.41, 5.74) is 1.98. The van der Waals surface area contributed by atoms with Crippen molar-refractivity contribution in [2.24, 2.45) is 0 Å². The molecule has 5 nitrogen and oxygen atoms in total. The molecule has 1 atom stereocenters. The third-order valence-corrected chi connectivity index (χ3v) is 3.22. The number of amides is 1. The number of hydrogen-bond acceptors (Lipinski definition) is 4. The van der Waals surface area contributed by atoms with E-state index in [0.717, 1.165) is 11.3 Å². The Morgan fingerprint density at radius 1 is 1.41 bits per heavy atom. The van der Waals surface area contributed by atoms with Crippen LogP contribution in [0, 0.1) is 11.3 Å². The predicted molar refractivity (Wildman–Crippen MR) is 88.5 cm³/mol. The number of carbonyl (C=O) groups excluding carboxylic acids is 1. The van der Waals surface area contributed by atoms with Gasteiger partial charge in [-0.3, -0.25) is 4.79 Å². The third-order valence-electron chi connectivity index (χ3n) is 3.22. The maximum atomic E-state index is 12.1. The first kappa shape index (κ1) is 17.7. The largest absolute Gasteiger partial charge is 0.385 e. The second-order valence-electron chi connectivity index (χ2n) is 5.31. The molecule has 0 radical (unpaired) electrons. The van der Waals surface area contributed by atoms with Crippen molar-refractivity contribution in [2.45, 2.75) is 19.4 Å². The van der Waals surface area contributed by atoms with Crippen LogP contribution in [0.4, 0.5) is 5.69 Å². The highest BCUT2D eigenvalue weighted by Crippen LogP contribution is 2.14. The number of nitrogens with zero attached hydrogens (tertiary/aromatic N) is 2. The molecule has 22 heavy (non-hydrogen) atoms. The summed E-state index contributed by atoms with van der Waals surface area (Å²) >= 11 is 0. The molecule has 0 saturated heterocycles. The summed E-state index contributed by atoms with van der Waals surface area (Å²) in [6, 6.07) is 9.57. The Morgan fingerprint density at radius 2 is 2.05 bits per heavy atom. The van der Waals surface area contributed by atoms with Gasteiger partial charge in [0.1, 0.15) is 11.6 Å². The Morgan fingerprint density at radius 3 is 2.55 bits per heavy atom. The van der Waals surface area contributed by atoms with Gasteiger partial charge in [0.25, 0.3) is 5.91 Å². The van der Waals surface area contributed by atoms with Gasteiger partial charge in [-0.15, -0.1) is 0 Å². The first-order valence-electron chi connectivity index (χ1n) is 7.17. The van der Waals surface area contributed by atoms with Gasteiger partial charge in [0.05, 0.1) is 0 Å². The zero-order valence-electron chi connectivity index (χ0n) is 13.6. The fourth-order valence-corrected chi connectivity index (χ4v) is 1.85. The summed E-state index contributed by atoms with van der Waals surface area (Å²) in [6.45, 7) is 2.46. The molecule has 0 aliphatic heterocycles. The highest BCUT2D eigenvalue weighted by Gasteiger charge is 2.12. The number of nitrogens with one attached hydrogen (secondary N) is 1. The number of hydrogen-bond donors (Lipinski definition) is 1. The zero-order valence-corrected chi connectivity index (χ0v) is 13.6. The number of rotatable bonds is 7. The number of ether oxygens (including phenoxy) is 1. The van der Waals surface area contributed by atoms with Gasteiger partial charge in [-0.25, -0.2) is 0 Å². The molecule has 1 rings (SSSR count). The van der Waals surface area contributed by atoms with E-state index >= 15 is 0 Å². The van der Waals surface area contributed by atoms with Crippen LogP contribution in [0.1, 0.15) is 18.9 Å². The lowest BCUT2D eigenvalue weighted by Crippen LogP contribution is -2.34. The van der Waals surface area contributed by atoms with Crippen LogP contribution in [0.3, 0.4) is 0 Å². The average Bonchev–Trinajstić information content (AvgIpc) is 2.50. The molecule has 0 spiro atoms. The Hall–Kier alpha value is -2.32. The van der Waals surface area contributed by atoms with Gasteiger partial charge in [-0.2, -0.15) is 5.26 Å². The van der Waals surface area contributed by atoms with Gasteiger partial charge >= 0.3 is 0 Å². The van der Waals surface area contributed by atoms with E-state index in [0.29, 0.717) is 13.0 Å². The van der Waals surface area contributed by atoms with Crippen LogP contribution in [0.5, 0.6) is 0 Å². The molecule has 1 amide bonds. The van der Waals surface area contributed by atoms with E-state index in [2.05, 4.69) is 5.32 Å². The molecular weight excluding hydrogens is 278 g/mol. The topological polar surface area (TPSA) is 65.4 Å². The fraction of sp³-hybridized carbons (Fsp3) is 0.412. The molecule has 1 aromatic carbocycles. The summed E-state index contributed by atoms with van der Waals surface area (Å²) in [5.74, 6) is -0.359. The van der Waals surface area contributed by atoms with Gasteiger partial charge in [-0.1, -0.05) is 12.1 Å². The quantitative estimate of drug-likeness (QED) is 0.619. The second kappa shape index (κ2) is 8.85. The first-order valence-corrected chi connectivity index (χ1v) is 7.17. The number of methoxy groups -OCH3 is 1. The molecular formula is C17H23N3O2. The monoisotopic (exact) mass is 301 g/mol. The minimum absolute atomic E-state index is 0.0414. The Bertz CT molecular complexity index is 556. The summed E-state index contributed by atoms with van der Waals surface area (Å²) in [4.78, 5) is 14.1. The first-order chi connectivity index (χ1) is 10.5. The van der Waals surface area contributed by atoms with E-state index in [1.54, 1.807) is 13.2 Å². The maximum Gasteiger partial charge on any atom is 0.262 e. The van der Waals surface area contributed by atoms with Gasteiger partial charge in [0.15, 0.2) is 0 Å². The molecule has 5 heteroatoms. The summed E-state index contributed by atoms with van der Waals surface area (Å²) < 4.78 is 4.97. The zero-order chi connectivity index (χ0) is 16.5. The second-order valence-corrected chi connectivity index (χ2v) is 5.31. The van der Waals surface area contributed by atoms with E-state index in [9.17, 15) is 10.1 Å². The van der Waals surface area contributed by atoms with Crippen LogP contribution >= 0.6 is 0 Å². The Kier molecular flexibility index (Phi) is 7.14. The standard InChI is InChI=1S/C17H23N3O2/c1-13(9-10-22-4)19-17(21)15(12-18)11-14-5-7-16(8-6-14)20(2)3/h5-8,11,13H,9-10H2,1-4H3,(H,19,21)/b15-11+. The lowest BCUT2D eigenvalue weighted by Gasteiger charge is -2.13. The highest BCUT2D eigenvalue weighted by molar-refractivity contribution is 6.01. The van der Waals surface area contributed by atoms with Crippen LogP contribution in [0.25, 0.3) is 6.08 Å². The van der Waals surface area contributed by atoms with Crippen molar-refractivity contribution < 1.29 is 9.53 Å². The molecule has 118 valence electrons. The molecule has 0 fully saturated rings. The summed E-state index contributed by atoms with van der Waals surface area (Å²) in [6.07, 6.45) is 2.30. The van der Waals surface area contributed by atoms with Crippen molar-refractivity contribution in [3.63, 3.8) is 0 Å². The average molecular weight is 301 g/mol. The Labute approximate surface area is 132 Å². The molecule has 1 N–H and O–H groups in total. The van der Waals surface area contributed by atoms with Gasteiger partial charge in [0.2, 0.25) is 0 Å². The number of nitriles is 1. The van der Waals surface area contributed by atoms with E-state index in [4.69, 9.17) is 4.74 Å². The van der Waals surface area contributed by atoms with Gasteiger partial charge in [-0.05, 0) is 37.1 Å². The van der Waals surface area contributed by atoms with E-state index < -0.39 is 0 Å². The van der Waals surface area contributed by atoms with Crippen molar-refractivity contribution in [2.75, 3.05) is 32.7 Å². The van der Waals surface area contributed by atoms with Gasteiger partial charge < -0.3 is 15.0 Å². The van der Waals surface area contributed by atoms with Crippen LogP contribution in [-0.2, 0) is 9.53 Å². The van der Waals surface area contributed by atoms with Crippen molar-refractivity contribution in [3.8, 4) is 6.07 Å². The molecule has 1 aromatic rings. The molecule has 1 unspecified atom stereocenters. The lowest BCUT2D eigenvalue weighted by atomic mass is 10.1. The van der Waals surface area contributed by atoms with Crippen molar-refractivity contribution in [1.29, 1.82) is 5.26 Å². The van der Waals surface area contributed by atoms with E-state index in [-0.39, 0.29) is 17.5 Å². The number of anilines is 1. The smallest absolute Gasteiger partial charge is 0.262 e. The fourth-order valence-electron chi connectivity index (χ4n) is 1.85. The van der Waals surface area contributed by atoms with Crippen molar-refractivity contribution in [3.05, 3.63) is 35.4 Å². The van der Waals surface area contributed by atoms with Crippen LogP contribution in [0.2, 0.25) is 0 Å². The van der Waals surface area contributed by atoms with Crippen LogP contribution < -0.4 is 10.2 Å². The molecule has 0 aliphatic rings. The molecule has 0 saturated carbocycles. The van der Waals surface area contributed by atoms with Crippen molar-refractivity contribution in [1.82, 2.24) is 5.32 Å².